The Bertz CT molecular complexity index is 52.5. The summed E-state index contributed by atoms with van der Waals surface area (Å²) in [6.45, 7) is 2.96. The van der Waals surface area contributed by atoms with Crippen LogP contribution >= 0.6 is 0 Å². The zero-order valence-electron chi connectivity index (χ0n) is 6.02. The number of nitrogens with zero attached hydrogens (tertiary/aromatic N) is 1. The van der Waals surface area contributed by atoms with E-state index in [0.717, 1.165) is 13.0 Å². The van der Waals surface area contributed by atoms with Crippen molar-refractivity contribution in [1.82, 2.24) is 4.90 Å². The Hall–Kier alpha value is -0.0800. The van der Waals surface area contributed by atoms with Gasteiger partial charge in [0.25, 0.3) is 0 Å². The normalized spacial score (nSPS) is 14.6. The Balaban J connectivity index is 3.17. The summed E-state index contributed by atoms with van der Waals surface area (Å²) in [6.07, 6.45) is 1.09. The van der Waals surface area contributed by atoms with Gasteiger partial charge in [0.1, 0.15) is 0 Å². The Labute approximate surface area is 51.7 Å². The lowest BCUT2D eigenvalue weighted by atomic mass is 10.2. The Morgan fingerprint density at radius 1 is 1.50 bits per heavy atom. The molecule has 0 aromatic heterocycles. The first-order valence-electron chi connectivity index (χ1n) is 3.05. The summed E-state index contributed by atoms with van der Waals surface area (Å²) in [5.41, 5.74) is 5.34. The molecule has 0 radical (unpaired) electrons. The molecule has 2 heteroatoms. The number of nitrogens with two attached hydrogens (primary N) is 1. The van der Waals surface area contributed by atoms with Crippen molar-refractivity contribution in [2.45, 2.75) is 19.4 Å². The van der Waals surface area contributed by atoms with Crippen molar-refractivity contribution in [3.63, 3.8) is 0 Å². The lowest BCUT2D eigenvalue weighted by Crippen LogP contribution is -2.26. The summed E-state index contributed by atoms with van der Waals surface area (Å²) >= 11 is 0. The van der Waals surface area contributed by atoms with E-state index in [1.54, 1.807) is 0 Å². The highest BCUT2D eigenvalue weighted by molar-refractivity contribution is 4.57. The molecule has 8 heavy (non-hydrogen) atoms. The van der Waals surface area contributed by atoms with Crippen LogP contribution in [0.25, 0.3) is 0 Å². The summed E-state index contributed by atoms with van der Waals surface area (Å²) in [5.74, 6) is 0. The van der Waals surface area contributed by atoms with E-state index in [9.17, 15) is 0 Å². The van der Waals surface area contributed by atoms with E-state index in [-0.39, 0.29) is 0 Å². The highest BCUT2D eigenvalue weighted by Crippen LogP contribution is 1.93. The molecule has 0 bridgehead atoms. The fraction of sp³-hybridized carbons (Fsp3) is 1.00. The lowest BCUT2D eigenvalue weighted by molar-refractivity contribution is 0.302. The van der Waals surface area contributed by atoms with Crippen LogP contribution in [0, 0.1) is 0 Å². The summed E-state index contributed by atoms with van der Waals surface area (Å²) in [6, 6.07) is 0.625. The van der Waals surface area contributed by atoms with Crippen molar-refractivity contribution in [2.75, 3.05) is 20.6 Å². The number of hydrogen-bond acceptors (Lipinski definition) is 2. The van der Waals surface area contributed by atoms with Gasteiger partial charge in [-0.15, -0.1) is 0 Å². The molecule has 0 aromatic rings. The predicted molar refractivity (Wildman–Crippen MR) is 36.8 cm³/mol. The molecule has 0 unspecified atom stereocenters. The average molecular weight is 116 g/mol. The van der Waals surface area contributed by atoms with E-state index in [1.165, 1.54) is 0 Å². The monoisotopic (exact) mass is 116 g/mol. The van der Waals surface area contributed by atoms with Crippen LogP contribution in [0.3, 0.4) is 0 Å². The molecule has 0 saturated carbocycles. The molecule has 50 valence electrons. The molecular formula is C6H16N2. The van der Waals surface area contributed by atoms with E-state index in [1.807, 2.05) is 0 Å². The van der Waals surface area contributed by atoms with Crippen LogP contribution in [0.1, 0.15) is 13.3 Å². The summed E-state index contributed by atoms with van der Waals surface area (Å²) in [5, 5.41) is 0. The van der Waals surface area contributed by atoms with E-state index in [2.05, 4.69) is 25.9 Å². The minimum Gasteiger partial charge on any atom is -0.330 e. The molecular weight excluding hydrogens is 100 g/mol. The van der Waals surface area contributed by atoms with Crippen molar-refractivity contribution in [3.8, 4) is 0 Å². The smallest absolute Gasteiger partial charge is 0.00728 e. The SMILES string of the molecule is C[C@@H](CCN)N(C)C. The largest absolute Gasteiger partial charge is 0.330 e. The van der Waals surface area contributed by atoms with Crippen LogP contribution in [0.4, 0.5) is 0 Å². The standard InChI is InChI=1S/C6H16N2/c1-6(4-5-7)8(2)3/h6H,4-5,7H2,1-3H3/t6-/m0/s1. The maximum atomic E-state index is 5.34. The second-order valence-corrected chi connectivity index (χ2v) is 2.39. The zero-order chi connectivity index (χ0) is 6.57. The van der Waals surface area contributed by atoms with E-state index >= 15 is 0 Å². The molecule has 0 fully saturated rings. The average Bonchev–Trinajstić information content (AvgIpc) is 1.67. The minimum absolute atomic E-state index is 0.625. The van der Waals surface area contributed by atoms with Crippen LogP contribution in [0.15, 0.2) is 0 Å². The maximum Gasteiger partial charge on any atom is 0.00728 e. The van der Waals surface area contributed by atoms with Gasteiger partial charge in [0.15, 0.2) is 0 Å². The highest BCUT2D eigenvalue weighted by Gasteiger charge is 2.00. The van der Waals surface area contributed by atoms with Crippen molar-refractivity contribution >= 4 is 0 Å². The predicted octanol–water partition coefficient (Wildman–Crippen LogP) is 0.285. The molecule has 2 nitrogen and oxygen atoms in total. The van der Waals surface area contributed by atoms with Gasteiger partial charge in [-0.05, 0) is 34.0 Å². The van der Waals surface area contributed by atoms with Gasteiger partial charge in [0.2, 0.25) is 0 Å². The van der Waals surface area contributed by atoms with Gasteiger partial charge in [-0.1, -0.05) is 0 Å². The molecule has 0 aliphatic carbocycles. The Morgan fingerprint density at radius 3 is 2.12 bits per heavy atom. The van der Waals surface area contributed by atoms with Gasteiger partial charge in [0, 0.05) is 6.04 Å². The molecule has 0 heterocycles. The Morgan fingerprint density at radius 2 is 2.00 bits per heavy atom. The molecule has 0 rings (SSSR count). The van der Waals surface area contributed by atoms with Crippen LogP contribution in [-0.2, 0) is 0 Å². The van der Waals surface area contributed by atoms with Gasteiger partial charge < -0.3 is 10.6 Å². The topological polar surface area (TPSA) is 29.3 Å². The van der Waals surface area contributed by atoms with Crippen molar-refractivity contribution in [3.05, 3.63) is 0 Å². The van der Waals surface area contributed by atoms with Crippen LogP contribution < -0.4 is 5.73 Å². The molecule has 0 amide bonds. The van der Waals surface area contributed by atoms with E-state index in [4.69, 9.17) is 5.73 Å². The van der Waals surface area contributed by atoms with Crippen LogP contribution in [0.5, 0.6) is 0 Å². The Kier molecular flexibility index (Phi) is 3.83. The molecule has 0 aromatic carbocycles. The third-order valence-corrected chi connectivity index (χ3v) is 1.47. The van der Waals surface area contributed by atoms with Gasteiger partial charge in [-0.3, -0.25) is 0 Å². The van der Waals surface area contributed by atoms with Crippen LogP contribution in [0.2, 0.25) is 0 Å². The molecule has 0 saturated heterocycles. The van der Waals surface area contributed by atoms with Gasteiger partial charge in [0.05, 0.1) is 0 Å². The molecule has 2 N–H and O–H groups in total. The van der Waals surface area contributed by atoms with Gasteiger partial charge in [-0.25, -0.2) is 0 Å². The quantitative estimate of drug-likeness (QED) is 0.574. The van der Waals surface area contributed by atoms with Crippen molar-refractivity contribution < 1.29 is 0 Å². The highest BCUT2D eigenvalue weighted by atomic mass is 15.1. The first-order chi connectivity index (χ1) is 3.68. The second kappa shape index (κ2) is 3.87. The fourth-order valence-electron chi connectivity index (χ4n) is 0.499. The van der Waals surface area contributed by atoms with Gasteiger partial charge in [-0.2, -0.15) is 0 Å². The van der Waals surface area contributed by atoms with E-state index in [0.29, 0.717) is 6.04 Å². The lowest BCUT2D eigenvalue weighted by Gasteiger charge is -2.17. The first-order valence-corrected chi connectivity index (χ1v) is 3.05. The second-order valence-electron chi connectivity index (χ2n) is 2.39. The molecule has 0 aliphatic heterocycles. The maximum absolute atomic E-state index is 5.34. The summed E-state index contributed by atoms with van der Waals surface area (Å²) in [4.78, 5) is 2.17. The zero-order valence-corrected chi connectivity index (χ0v) is 6.02. The third kappa shape index (κ3) is 2.99. The molecule has 0 spiro atoms. The van der Waals surface area contributed by atoms with Crippen molar-refractivity contribution in [2.24, 2.45) is 5.73 Å². The summed E-state index contributed by atoms with van der Waals surface area (Å²) in [7, 11) is 4.14. The fourth-order valence-corrected chi connectivity index (χ4v) is 0.499. The van der Waals surface area contributed by atoms with Crippen molar-refractivity contribution in [1.29, 1.82) is 0 Å². The van der Waals surface area contributed by atoms with Gasteiger partial charge >= 0.3 is 0 Å². The van der Waals surface area contributed by atoms with E-state index < -0.39 is 0 Å². The molecule has 0 aliphatic rings. The summed E-state index contributed by atoms with van der Waals surface area (Å²) < 4.78 is 0. The third-order valence-electron chi connectivity index (χ3n) is 1.47. The minimum atomic E-state index is 0.625. The number of hydrogen-bond donors (Lipinski definition) is 1. The molecule has 1 atom stereocenters. The van der Waals surface area contributed by atoms with Crippen LogP contribution in [-0.4, -0.2) is 31.6 Å². The first kappa shape index (κ1) is 7.92. The number of rotatable bonds is 3.